The average Bonchev–Trinajstić information content (AvgIpc) is 4.48. The summed E-state index contributed by atoms with van der Waals surface area (Å²) in [5.74, 6) is -1.06. The van der Waals surface area contributed by atoms with E-state index in [4.69, 9.17) is 39.8 Å². The van der Waals surface area contributed by atoms with Gasteiger partial charge in [-0.15, -0.1) is 0 Å². The van der Waals surface area contributed by atoms with E-state index in [1.807, 2.05) is 67.6 Å². The van der Waals surface area contributed by atoms with Gasteiger partial charge in [0.05, 0.1) is 16.2 Å². The van der Waals surface area contributed by atoms with Crippen molar-refractivity contribution in [2.24, 2.45) is 0 Å². The summed E-state index contributed by atoms with van der Waals surface area (Å²) in [7, 11) is 0. The van der Waals surface area contributed by atoms with Crippen LogP contribution in [0.25, 0.3) is 0 Å². The molecule has 20 heteroatoms. The van der Waals surface area contributed by atoms with Gasteiger partial charge in [-0.1, -0.05) is 62.4 Å². The van der Waals surface area contributed by atoms with E-state index >= 15 is 0 Å². The lowest BCUT2D eigenvalue weighted by molar-refractivity contribution is -0.131. The van der Waals surface area contributed by atoms with E-state index in [0.29, 0.717) is 23.0 Å². The third kappa shape index (κ3) is 11.2. The molecule has 0 aliphatic heterocycles. The summed E-state index contributed by atoms with van der Waals surface area (Å²) in [4.78, 5) is 62.2. The van der Waals surface area contributed by atoms with Crippen molar-refractivity contribution in [3.8, 4) is 23.0 Å². The highest BCUT2D eigenvalue weighted by Gasteiger charge is 2.41. The zero-order valence-corrected chi connectivity index (χ0v) is 43.7. The zero-order chi connectivity index (χ0) is 55.8. The van der Waals surface area contributed by atoms with E-state index in [2.05, 4.69) is 91.0 Å². The Morgan fingerprint density at radius 2 is 0.577 bits per heavy atom. The largest absolute Gasteiger partial charge is 0.484 e. The number of aromatic amines is 4. The number of aryl methyl sites for hydroxylation is 1. The number of ether oxygens (including phenoxy) is 4. The predicted molar refractivity (Wildman–Crippen MR) is 284 cm³/mol. The molecule has 4 heterocycles. The average molecular weight is 1060 g/mol. The maximum atomic E-state index is 11.9. The molecule has 20 nitrogen and oxygen atoms in total. The predicted octanol–water partition coefficient (Wildman–Crippen LogP) is 7.23. The summed E-state index contributed by atoms with van der Waals surface area (Å²) in [6.45, 7) is 11.0. The zero-order valence-electron chi connectivity index (χ0n) is 43.7. The highest BCUT2D eigenvalue weighted by Crippen LogP contribution is 2.46. The van der Waals surface area contributed by atoms with E-state index in [0.717, 1.165) is 67.8 Å². The van der Waals surface area contributed by atoms with Gasteiger partial charge in [0.25, 0.3) is 23.6 Å². The van der Waals surface area contributed by atoms with Crippen LogP contribution in [0, 0.1) is 6.92 Å². The summed E-state index contributed by atoms with van der Waals surface area (Å²) in [5, 5.41) is 36.1. The molecule has 3 unspecified atom stereocenters. The number of nitrogens with one attached hydrogen (secondary N) is 8. The molecule has 4 amide bonds. The third-order valence-electron chi connectivity index (χ3n) is 14.6. The molecule has 8 rings (SSSR count). The number of H-pyrrole nitrogens is 4. The molecule has 0 saturated heterocycles. The van der Waals surface area contributed by atoms with Crippen LogP contribution in [-0.2, 0) is 40.8 Å². The first-order chi connectivity index (χ1) is 37.4. The van der Waals surface area contributed by atoms with Crippen LogP contribution in [0.4, 0.5) is 0 Å². The number of benzene rings is 4. The Labute approximate surface area is 449 Å². The second-order valence-corrected chi connectivity index (χ2v) is 19.8. The molecule has 4 aromatic carbocycles. The summed E-state index contributed by atoms with van der Waals surface area (Å²) >= 11 is 0. The van der Waals surface area contributed by atoms with Crippen LogP contribution in [0.1, 0.15) is 102 Å². The monoisotopic (exact) mass is 1060 g/mol. The van der Waals surface area contributed by atoms with E-state index in [-0.39, 0.29) is 13.2 Å². The first-order valence-electron chi connectivity index (χ1n) is 24.8. The highest BCUT2D eigenvalue weighted by atomic mass is 16.5. The Morgan fingerprint density at radius 3 is 0.833 bits per heavy atom. The fourth-order valence-electron chi connectivity index (χ4n) is 9.67. The summed E-state index contributed by atoms with van der Waals surface area (Å²) in [6, 6.07) is 46.0. The van der Waals surface area contributed by atoms with Gasteiger partial charge in [-0.25, -0.2) is 21.9 Å². The molecule has 0 spiro atoms. The molecule has 4 aromatic heterocycles. The Hall–Kier alpha value is -9.08. The van der Waals surface area contributed by atoms with Gasteiger partial charge < -0.3 is 38.9 Å². The second-order valence-electron chi connectivity index (χ2n) is 19.8. The van der Waals surface area contributed by atoms with Gasteiger partial charge >= 0.3 is 0 Å². The number of hydroxylamine groups is 4. The van der Waals surface area contributed by atoms with Crippen molar-refractivity contribution in [3.05, 3.63) is 213 Å². The molecule has 8 aromatic rings. The van der Waals surface area contributed by atoms with Crippen molar-refractivity contribution in [2.75, 3.05) is 26.4 Å². The lowest BCUT2D eigenvalue weighted by Gasteiger charge is -2.33. The van der Waals surface area contributed by atoms with Crippen molar-refractivity contribution >= 4 is 23.6 Å². The molecule has 0 aliphatic rings. The fourth-order valence-corrected chi connectivity index (χ4v) is 9.67. The Morgan fingerprint density at radius 1 is 0.346 bits per heavy atom. The smallest absolute Gasteiger partial charge is 0.281 e. The maximum Gasteiger partial charge on any atom is 0.281 e. The molecule has 0 radical (unpaired) electrons. The Bertz CT molecular complexity index is 3360. The molecule has 0 saturated carbocycles. The summed E-state index contributed by atoms with van der Waals surface area (Å²) < 4.78 is 22.5. The quantitative estimate of drug-likeness (QED) is 0.0223. The molecule has 12 N–H and O–H groups in total. The molecule has 0 aliphatic carbocycles. The normalized spacial score (nSPS) is 13.7. The lowest BCUT2D eigenvalue weighted by atomic mass is 9.76. The summed E-state index contributed by atoms with van der Waals surface area (Å²) in [5.41, 5.74) is 13.6. The molecule has 0 bridgehead atoms. The number of hydrogen-bond donors (Lipinski definition) is 12. The maximum absolute atomic E-state index is 11.9. The molecule has 0 fully saturated rings. The van der Waals surface area contributed by atoms with Crippen LogP contribution in [-0.4, -0.2) is 90.8 Å². The highest BCUT2D eigenvalue weighted by molar-refractivity contribution is 5.77. The Kier molecular flexibility index (Phi) is 16.3. The second kappa shape index (κ2) is 23.0. The fraction of sp³-hybridized carbons (Fsp3) is 0.241. The van der Waals surface area contributed by atoms with Gasteiger partial charge in [0.1, 0.15) is 23.0 Å². The number of rotatable bonds is 23. The molecular weight excluding hydrogens is 1000 g/mol. The van der Waals surface area contributed by atoms with E-state index in [1.54, 1.807) is 70.5 Å². The van der Waals surface area contributed by atoms with Crippen molar-refractivity contribution in [1.29, 1.82) is 0 Å². The van der Waals surface area contributed by atoms with Crippen molar-refractivity contribution < 1.29 is 59.0 Å². The van der Waals surface area contributed by atoms with Gasteiger partial charge in [0.2, 0.25) is 0 Å². The van der Waals surface area contributed by atoms with E-state index < -0.39 is 58.5 Å². The first kappa shape index (κ1) is 55.2. The molecule has 3 atom stereocenters. The van der Waals surface area contributed by atoms with Gasteiger partial charge in [-0.3, -0.25) is 40.0 Å². The van der Waals surface area contributed by atoms with Crippen molar-refractivity contribution in [1.82, 2.24) is 41.9 Å². The van der Waals surface area contributed by atoms with E-state index in [1.165, 1.54) is 0 Å². The van der Waals surface area contributed by atoms with Crippen LogP contribution in [0.5, 0.6) is 23.0 Å². The minimum atomic E-state index is -0.943. The standard InChI is InChI=1S/C58H62N8O12/c1-35-7-24-45(59-35)56(4,37-10-18-41(19-11-37)76-32-52(68)64-72)47-27-28-49(61-47)58(6,39-14-22-43(23-15-39)78-34-54(70)66-74)50-30-29-48(62-50)57(5,38-12-20-42(21-13-38)77-33-53(69)65-73)46-26-25-44(60-46)55(2,3)36-8-16-40(17-9-36)75-31-51(67)63-71/h7-30,59-62,71-74H,31-34H2,1-6H3,(H,63,67)(H,64,68)(H,65,69)(H,66,70). The molecule has 78 heavy (non-hydrogen) atoms. The summed E-state index contributed by atoms with van der Waals surface area (Å²) in [6.07, 6.45) is 0. The van der Waals surface area contributed by atoms with Crippen LogP contribution < -0.4 is 40.9 Å². The number of hydrogen-bond acceptors (Lipinski definition) is 12. The first-order valence-corrected chi connectivity index (χ1v) is 24.8. The van der Waals surface area contributed by atoms with E-state index in [9.17, 15) is 19.2 Å². The van der Waals surface area contributed by atoms with Crippen molar-refractivity contribution in [2.45, 2.75) is 63.2 Å². The lowest BCUT2D eigenvalue weighted by Crippen LogP contribution is -2.30. The van der Waals surface area contributed by atoms with Crippen LogP contribution in [0.3, 0.4) is 0 Å². The minimum absolute atomic E-state index is 0.346. The van der Waals surface area contributed by atoms with Crippen LogP contribution in [0.15, 0.2) is 146 Å². The topological polar surface area (TPSA) is 297 Å². The van der Waals surface area contributed by atoms with Gasteiger partial charge in [-0.05, 0) is 147 Å². The molecular formula is C58H62N8O12. The molecule has 406 valence electrons. The third-order valence-corrected chi connectivity index (χ3v) is 14.6. The Balaban J connectivity index is 1.24. The number of carbonyl (C=O) groups excluding carboxylic acids is 4. The van der Waals surface area contributed by atoms with Crippen LogP contribution in [0.2, 0.25) is 0 Å². The number of carbonyl (C=O) groups is 4. The van der Waals surface area contributed by atoms with Gasteiger partial charge in [-0.2, -0.15) is 0 Å². The minimum Gasteiger partial charge on any atom is -0.484 e. The number of aromatic nitrogens is 4. The SMILES string of the molecule is Cc1ccc(C(C)(c2ccc(OCC(=O)NO)cc2)c2ccc(C(C)(c3ccc(OCC(=O)NO)cc3)c3ccc(C(C)(c4ccc(OCC(=O)NO)cc4)c4ccc(C(C)(C)c5ccc(OCC(=O)NO)cc5)[nH]4)[nH]3)[nH]2)[nH]1. The van der Waals surface area contributed by atoms with Gasteiger partial charge in [0, 0.05) is 51.0 Å². The van der Waals surface area contributed by atoms with Crippen LogP contribution >= 0.6 is 0 Å². The van der Waals surface area contributed by atoms with Crippen molar-refractivity contribution in [3.63, 3.8) is 0 Å². The van der Waals surface area contributed by atoms with Gasteiger partial charge in [0.15, 0.2) is 26.4 Å². The number of amides is 4.